The van der Waals surface area contributed by atoms with E-state index < -0.39 is 0 Å². The minimum absolute atomic E-state index is 0.114. The van der Waals surface area contributed by atoms with Crippen molar-refractivity contribution in [3.8, 4) is 0 Å². The van der Waals surface area contributed by atoms with Crippen LogP contribution in [0, 0.1) is 6.92 Å². The zero-order valence-electron chi connectivity index (χ0n) is 14.7. The molecule has 2 heterocycles. The first-order valence-electron chi connectivity index (χ1n) is 9.23. The zero-order valence-corrected chi connectivity index (χ0v) is 14.7. The molecule has 4 rings (SSSR count). The molecule has 1 atom stereocenters. The van der Waals surface area contributed by atoms with E-state index in [-0.39, 0.29) is 11.9 Å². The second kappa shape index (κ2) is 6.87. The Morgan fingerprint density at radius 1 is 1.20 bits per heavy atom. The highest BCUT2D eigenvalue weighted by Crippen LogP contribution is 2.39. The monoisotopic (exact) mass is 335 g/mol. The fourth-order valence-electron chi connectivity index (χ4n) is 3.57. The van der Waals surface area contributed by atoms with Crippen molar-refractivity contribution in [3.05, 3.63) is 59.3 Å². The quantitative estimate of drug-likeness (QED) is 0.912. The van der Waals surface area contributed by atoms with Gasteiger partial charge in [-0.2, -0.15) is 0 Å². The minimum Gasteiger partial charge on any atom is -0.354 e. The second-order valence-electron chi connectivity index (χ2n) is 7.38. The Hall–Kier alpha value is -2.36. The van der Waals surface area contributed by atoms with Crippen LogP contribution in [0.5, 0.6) is 0 Å². The lowest BCUT2D eigenvalue weighted by atomic mass is 10.1. The third-order valence-electron chi connectivity index (χ3n) is 5.17. The van der Waals surface area contributed by atoms with Gasteiger partial charge in [0.25, 0.3) is 0 Å². The van der Waals surface area contributed by atoms with Crippen molar-refractivity contribution in [2.24, 2.45) is 0 Å². The van der Waals surface area contributed by atoms with Crippen molar-refractivity contribution in [1.29, 1.82) is 0 Å². The van der Waals surface area contributed by atoms with Gasteiger partial charge < -0.3 is 10.2 Å². The van der Waals surface area contributed by atoms with Gasteiger partial charge >= 0.3 is 0 Å². The molecule has 1 aliphatic carbocycles. The summed E-state index contributed by atoms with van der Waals surface area (Å²) < 4.78 is 0. The van der Waals surface area contributed by atoms with E-state index in [2.05, 4.69) is 52.5 Å². The number of hydrogen-bond donors (Lipinski definition) is 1. The molecule has 0 radical (unpaired) electrons. The number of carbonyl (C=O) groups is 1. The van der Waals surface area contributed by atoms with Crippen molar-refractivity contribution in [1.82, 2.24) is 10.3 Å². The Labute approximate surface area is 149 Å². The number of aryl methyl sites for hydroxylation is 1. The van der Waals surface area contributed by atoms with E-state index in [1.54, 1.807) is 0 Å². The Bertz CT molecular complexity index is 752. The summed E-state index contributed by atoms with van der Waals surface area (Å²) >= 11 is 0. The van der Waals surface area contributed by atoms with Crippen LogP contribution in [0.15, 0.2) is 42.6 Å². The summed E-state index contributed by atoms with van der Waals surface area (Å²) in [5.41, 5.74) is 3.73. The molecule has 1 aromatic heterocycles. The molecule has 1 aromatic carbocycles. The molecule has 0 spiro atoms. The van der Waals surface area contributed by atoms with Crippen LogP contribution in [0.3, 0.4) is 0 Å². The highest BCUT2D eigenvalue weighted by Gasteiger charge is 2.25. The average molecular weight is 335 g/mol. The molecular weight excluding hydrogens is 310 g/mol. The molecule has 1 saturated heterocycles. The number of benzene rings is 1. The molecule has 1 aliphatic heterocycles. The first kappa shape index (κ1) is 16.1. The maximum absolute atomic E-state index is 12.4. The molecule has 2 aliphatic rings. The van der Waals surface area contributed by atoms with Crippen LogP contribution in [-0.4, -0.2) is 30.0 Å². The van der Waals surface area contributed by atoms with Gasteiger partial charge in [0, 0.05) is 25.3 Å². The molecule has 1 saturated carbocycles. The smallest absolute Gasteiger partial charge is 0.224 e. The first-order chi connectivity index (χ1) is 12.2. The molecule has 2 fully saturated rings. The summed E-state index contributed by atoms with van der Waals surface area (Å²) in [4.78, 5) is 19.0. The van der Waals surface area contributed by atoms with Crippen molar-refractivity contribution in [2.45, 2.75) is 44.6 Å². The average Bonchev–Trinajstić information content (AvgIpc) is 3.35. The number of anilines is 1. The number of pyridine rings is 1. The molecule has 2 aromatic rings. The molecule has 0 unspecified atom stereocenters. The predicted molar refractivity (Wildman–Crippen MR) is 99.9 cm³/mol. The van der Waals surface area contributed by atoms with Crippen LogP contribution in [0.2, 0.25) is 0 Å². The van der Waals surface area contributed by atoms with E-state index in [4.69, 9.17) is 0 Å². The summed E-state index contributed by atoms with van der Waals surface area (Å²) in [6, 6.07) is 12.9. The van der Waals surface area contributed by atoms with Crippen LogP contribution in [-0.2, 0) is 11.2 Å². The van der Waals surface area contributed by atoms with Crippen LogP contribution in [0.4, 0.5) is 5.82 Å². The molecule has 4 heteroatoms. The predicted octanol–water partition coefficient (Wildman–Crippen LogP) is 3.21. The van der Waals surface area contributed by atoms with Gasteiger partial charge in [0.05, 0.1) is 6.42 Å². The summed E-state index contributed by atoms with van der Waals surface area (Å²) in [5, 5.41) is 3.18. The fourth-order valence-corrected chi connectivity index (χ4v) is 3.57. The van der Waals surface area contributed by atoms with Crippen molar-refractivity contribution in [2.75, 3.05) is 18.0 Å². The number of amides is 1. The Balaban J connectivity index is 1.29. The molecule has 1 N–H and O–H groups in total. The molecule has 130 valence electrons. The van der Waals surface area contributed by atoms with Gasteiger partial charge in [0.1, 0.15) is 5.82 Å². The molecule has 25 heavy (non-hydrogen) atoms. The molecule has 4 nitrogen and oxygen atoms in total. The lowest BCUT2D eigenvalue weighted by molar-refractivity contribution is -0.121. The molecule has 1 amide bonds. The summed E-state index contributed by atoms with van der Waals surface area (Å²) in [7, 11) is 0. The SMILES string of the molecule is Cc1ccnc(N2CC[C@@H](NC(=O)Cc3ccc(C4CC4)cc3)C2)c1. The maximum Gasteiger partial charge on any atom is 0.224 e. The second-order valence-corrected chi connectivity index (χ2v) is 7.38. The number of nitrogens with one attached hydrogen (secondary N) is 1. The first-order valence-corrected chi connectivity index (χ1v) is 9.23. The fraction of sp³-hybridized carbons (Fsp3) is 0.429. The van der Waals surface area contributed by atoms with E-state index in [1.165, 1.54) is 24.0 Å². The summed E-state index contributed by atoms with van der Waals surface area (Å²) in [6.07, 6.45) is 5.91. The van der Waals surface area contributed by atoms with Crippen molar-refractivity contribution in [3.63, 3.8) is 0 Å². The zero-order chi connectivity index (χ0) is 17.2. The van der Waals surface area contributed by atoms with Crippen LogP contribution >= 0.6 is 0 Å². The third-order valence-corrected chi connectivity index (χ3v) is 5.17. The van der Waals surface area contributed by atoms with Crippen LogP contribution in [0.1, 0.15) is 41.9 Å². The largest absolute Gasteiger partial charge is 0.354 e. The van der Waals surface area contributed by atoms with Gasteiger partial charge in [0.15, 0.2) is 0 Å². The van der Waals surface area contributed by atoms with Gasteiger partial charge in [0.2, 0.25) is 5.91 Å². The van der Waals surface area contributed by atoms with E-state index in [0.29, 0.717) is 6.42 Å². The number of nitrogens with zero attached hydrogens (tertiary/aromatic N) is 2. The van der Waals surface area contributed by atoms with Gasteiger partial charge in [-0.05, 0) is 60.9 Å². The van der Waals surface area contributed by atoms with Crippen molar-refractivity contribution >= 4 is 11.7 Å². The minimum atomic E-state index is 0.114. The summed E-state index contributed by atoms with van der Waals surface area (Å²) in [6.45, 7) is 3.86. The third kappa shape index (κ3) is 4.01. The number of hydrogen-bond acceptors (Lipinski definition) is 3. The maximum atomic E-state index is 12.4. The van der Waals surface area contributed by atoms with Gasteiger partial charge in [-0.3, -0.25) is 4.79 Å². The Morgan fingerprint density at radius 2 is 2.00 bits per heavy atom. The number of carbonyl (C=O) groups excluding carboxylic acids is 1. The Kier molecular flexibility index (Phi) is 4.43. The normalized spacial score (nSPS) is 19.9. The summed E-state index contributed by atoms with van der Waals surface area (Å²) in [5.74, 6) is 1.89. The highest BCUT2D eigenvalue weighted by atomic mass is 16.1. The van der Waals surface area contributed by atoms with Gasteiger partial charge in [-0.25, -0.2) is 4.98 Å². The van der Waals surface area contributed by atoms with Crippen molar-refractivity contribution < 1.29 is 4.79 Å². The van der Waals surface area contributed by atoms with E-state index in [9.17, 15) is 4.79 Å². The van der Waals surface area contributed by atoms with Gasteiger partial charge in [-0.1, -0.05) is 24.3 Å². The number of aromatic nitrogens is 1. The van der Waals surface area contributed by atoms with Crippen LogP contribution < -0.4 is 10.2 Å². The molecule has 0 bridgehead atoms. The Morgan fingerprint density at radius 3 is 2.72 bits per heavy atom. The topological polar surface area (TPSA) is 45.2 Å². The van der Waals surface area contributed by atoms with Gasteiger partial charge in [-0.15, -0.1) is 0 Å². The van der Waals surface area contributed by atoms with E-state index in [1.807, 2.05) is 12.3 Å². The van der Waals surface area contributed by atoms with E-state index in [0.717, 1.165) is 36.8 Å². The van der Waals surface area contributed by atoms with Crippen LogP contribution in [0.25, 0.3) is 0 Å². The standard InChI is InChI=1S/C21H25N3O/c1-15-8-10-22-20(12-15)24-11-9-19(14-24)23-21(25)13-16-2-4-17(5-3-16)18-6-7-18/h2-5,8,10,12,18-19H,6-7,9,11,13-14H2,1H3,(H,23,25)/t19-/m1/s1. The highest BCUT2D eigenvalue weighted by molar-refractivity contribution is 5.79. The number of rotatable bonds is 5. The lowest BCUT2D eigenvalue weighted by Gasteiger charge is -2.18. The van der Waals surface area contributed by atoms with E-state index >= 15 is 0 Å². The lowest BCUT2D eigenvalue weighted by Crippen LogP contribution is -2.38. The molecular formula is C21H25N3O.